The van der Waals surface area contributed by atoms with Gasteiger partial charge in [-0.15, -0.1) is 5.92 Å². The Hall–Kier alpha value is -2.72. The number of benzene rings is 1. The lowest BCUT2D eigenvalue weighted by atomic mass is 10.1. The van der Waals surface area contributed by atoms with Gasteiger partial charge in [-0.1, -0.05) is 12.8 Å². The zero-order valence-electron chi connectivity index (χ0n) is 15.2. The van der Waals surface area contributed by atoms with Crippen molar-refractivity contribution in [1.29, 1.82) is 0 Å². The van der Waals surface area contributed by atoms with E-state index in [-0.39, 0.29) is 28.6 Å². The third kappa shape index (κ3) is 4.09. The highest BCUT2D eigenvalue weighted by Gasteiger charge is 2.17. The van der Waals surface area contributed by atoms with Crippen molar-refractivity contribution in [3.63, 3.8) is 0 Å². The molecular formula is C19H21NO5S. The van der Waals surface area contributed by atoms with Crippen LogP contribution in [0.5, 0.6) is 11.5 Å². The van der Waals surface area contributed by atoms with Crippen LogP contribution in [-0.4, -0.2) is 32.5 Å². The molecule has 0 N–H and O–H groups in total. The van der Waals surface area contributed by atoms with Crippen LogP contribution in [-0.2, 0) is 16.9 Å². The molecule has 0 saturated carbocycles. The van der Waals surface area contributed by atoms with E-state index in [9.17, 15) is 13.2 Å². The highest BCUT2D eigenvalue weighted by atomic mass is 32.2. The lowest BCUT2D eigenvalue weighted by Gasteiger charge is -2.14. The van der Waals surface area contributed by atoms with Crippen molar-refractivity contribution < 1.29 is 17.9 Å². The van der Waals surface area contributed by atoms with E-state index >= 15 is 0 Å². The van der Waals surface area contributed by atoms with Crippen molar-refractivity contribution >= 4 is 9.84 Å². The Kier molecular flexibility index (Phi) is 6.11. The number of sulfone groups is 1. The van der Waals surface area contributed by atoms with E-state index in [2.05, 4.69) is 11.8 Å². The molecule has 0 radical (unpaired) electrons. The fraction of sp³-hybridized carbons (Fsp3) is 0.316. The first-order valence-corrected chi connectivity index (χ1v) is 9.63. The van der Waals surface area contributed by atoms with Crippen molar-refractivity contribution in [2.24, 2.45) is 7.05 Å². The van der Waals surface area contributed by atoms with Gasteiger partial charge in [-0.25, -0.2) is 8.42 Å². The van der Waals surface area contributed by atoms with Crippen LogP contribution in [0.2, 0.25) is 0 Å². The first-order valence-electron chi connectivity index (χ1n) is 7.98. The number of aromatic nitrogens is 1. The van der Waals surface area contributed by atoms with Crippen molar-refractivity contribution in [2.75, 3.05) is 19.5 Å². The third-order valence-corrected chi connectivity index (χ3v) is 5.58. The number of hydrogen-bond acceptors (Lipinski definition) is 5. The Bertz CT molecular complexity index is 1030. The molecule has 2 aromatic rings. The molecule has 2 rings (SSSR count). The topological polar surface area (TPSA) is 74.6 Å². The summed E-state index contributed by atoms with van der Waals surface area (Å²) in [5, 5.41) is 0. The zero-order valence-corrected chi connectivity index (χ0v) is 16.0. The molecule has 0 amide bonds. The summed E-state index contributed by atoms with van der Waals surface area (Å²) in [6.45, 7) is 3.47. The Labute approximate surface area is 153 Å². The van der Waals surface area contributed by atoms with Gasteiger partial charge in [0.15, 0.2) is 15.6 Å². The summed E-state index contributed by atoms with van der Waals surface area (Å²) in [6, 6.07) is 6.23. The maximum atomic E-state index is 12.3. The minimum atomic E-state index is -3.39. The highest BCUT2D eigenvalue weighted by Crippen LogP contribution is 2.33. The molecule has 0 fully saturated rings. The Morgan fingerprint density at radius 2 is 1.92 bits per heavy atom. The standard InChI is InChI=1S/C19H21NO5S/c1-5-7-10-25-17-9-8-15(26(22,23)6-2)12-16(17)14-11-18(24-4)19(21)20(3)13-14/h8-9,11-13H,6,10H2,1-4H3. The molecule has 0 saturated heterocycles. The molecule has 0 spiro atoms. The van der Waals surface area contributed by atoms with Crippen molar-refractivity contribution in [2.45, 2.75) is 18.7 Å². The van der Waals surface area contributed by atoms with Gasteiger partial charge >= 0.3 is 0 Å². The molecule has 138 valence electrons. The molecule has 0 atom stereocenters. The van der Waals surface area contributed by atoms with Crippen molar-refractivity contribution in [1.82, 2.24) is 4.57 Å². The molecule has 6 nitrogen and oxygen atoms in total. The maximum Gasteiger partial charge on any atom is 0.292 e. The van der Waals surface area contributed by atoms with Crippen molar-refractivity contribution in [3.8, 4) is 34.5 Å². The molecule has 0 aliphatic heterocycles. The predicted molar refractivity (Wildman–Crippen MR) is 100 cm³/mol. The summed E-state index contributed by atoms with van der Waals surface area (Å²) in [5.74, 6) is 6.17. The Morgan fingerprint density at radius 1 is 1.19 bits per heavy atom. The second-order valence-electron chi connectivity index (χ2n) is 5.49. The maximum absolute atomic E-state index is 12.3. The van der Waals surface area contributed by atoms with Gasteiger partial charge in [0.1, 0.15) is 12.4 Å². The minimum absolute atomic E-state index is 0.00937. The molecule has 26 heavy (non-hydrogen) atoms. The number of rotatable bonds is 6. The average molecular weight is 375 g/mol. The van der Waals surface area contributed by atoms with Crippen LogP contribution < -0.4 is 15.0 Å². The number of ether oxygens (including phenoxy) is 2. The van der Waals surface area contributed by atoms with Crippen LogP contribution in [0, 0.1) is 11.8 Å². The Balaban J connectivity index is 2.69. The average Bonchev–Trinajstić information content (AvgIpc) is 2.64. The van der Waals surface area contributed by atoms with Gasteiger partial charge in [0.25, 0.3) is 5.56 Å². The summed E-state index contributed by atoms with van der Waals surface area (Å²) < 4.78 is 36.7. The number of methoxy groups -OCH3 is 1. The van der Waals surface area contributed by atoms with Crippen LogP contribution >= 0.6 is 0 Å². The molecule has 0 aliphatic carbocycles. The van der Waals surface area contributed by atoms with Gasteiger partial charge in [0.2, 0.25) is 0 Å². The van der Waals surface area contributed by atoms with E-state index in [1.165, 1.54) is 17.7 Å². The molecule has 1 aromatic heterocycles. The number of nitrogens with zero attached hydrogens (tertiary/aromatic N) is 1. The fourth-order valence-corrected chi connectivity index (χ4v) is 3.29. The molecule has 0 aliphatic rings. The first-order chi connectivity index (χ1) is 12.3. The predicted octanol–water partition coefficient (Wildman–Crippen LogP) is 2.26. The van der Waals surface area contributed by atoms with E-state index in [0.29, 0.717) is 16.9 Å². The highest BCUT2D eigenvalue weighted by molar-refractivity contribution is 7.91. The summed E-state index contributed by atoms with van der Waals surface area (Å²) in [5.41, 5.74) is 0.871. The van der Waals surface area contributed by atoms with Crippen LogP contribution in [0.4, 0.5) is 0 Å². The summed E-state index contributed by atoms with van der Waals surface area (Å²) in [4.78, 5) is 12.2. The molecular weight excluding hydrogens is 354 g/mol. The van der Waals surface area contributed by atoms with Crippen LogP contribution in [0.1, 0.15) is 13.8 Å². The van der Waals surface area contributed by atoms with E-state index in [1.807, 2.05) is 0 Å². The molecule has 7 heteroatoms. The zero-order chi connectivity index (χ0) is 19.3. The SMILES string of the molecule is CC#CCOc1ccc(S(=O)(=O)CC)cc1-c1cc(OC)c(=O)n(C)c1. The van der Waals surface area contributed by atoms with Gasteiger partial charge in [0.05, 0.1) is 17.8 Å². The van der Waals surface area contributed by atoms with E-state index in [4.69, 9.17) is 9.47 Å². The van der Waals surface area contributed by atoms with Crippen LogP contribution in [0.25, 0.3) is 11.1 Å². The monoisotopic (exact) mass is 375 g/mol. The van der Waals surface area contributed by atoms with Gasteiger partial charge in [-0.3, -0.25) is 4.79 Å². The van der Waals surface area contributed by atoms with Gasteiger partial charge in [0, 0.05) is 24.4 Å². The smallest absolute Gasteiger partial charge is 0.292 e. The lowest BCUT2D eigenvalue weighted by Crippen LogP contribution is -2.18. The van der Waals surface area contributed by atoms with Crippen LogP contribution in [0.3, 0.4) is 0 Å². The van der Waals surface area contributed by atoms with E-state index in [1.54, 1.807) is 45.3 Å². The van der Waals surface area contributed by atoms with E-state index < -0.39 is 9.84 Å². The number of hydrogen-bond donors (Lipinski definition) is 0. The summed E-state index contributed by atoms with van der Waals surface area (Å²) in [7, 11) is -0.377. The second-order valence-corrected chi connectivity index (χ2v) is 7.77. The third-order valence-electron chi connectivity index (χ3n) is 3.85. The lowest BCUT2D eigenvalue weighted by molar-refractivity contribution is 0.371. The molecule has 0 unspecified atom stereocenters. The quantitative estimate of drug-likeness (QED) is 0.724. The molecule has 0 bridgehead atoms. The van der Waals surface area contributed by atoms with Gasteiger partial charge in [-0.2, -0.15) is 0 Å². The Morgan fingerprint density at radius 3 is 2.54 bits per heavy atom. The molecule has 1 heterocycles. The van der Waals surface area contributed by atoms with Gasteiger partial charge < -0.3 is 14.0 Å². The van der Waals surface area contributed by atoms with Gasteiger partial charge in [-0.05, 0) is 31.2 Å². The summed E-state index contributed by atoms with van der Waals surface area (Å²) >= 11 is 0. The van der Waals surface area contributed by atoms with Crippen LogP contribution in [0.15, 0.2) is 40.2 Å². The van der Waals surface area contributed by atoms with E-state index in [0.717, 1.165) is 0 Å². The summed E-state index contributed by atoms with van der Waals surface area (Å²) in [6.07, 6.45) is 1.61. The first kappa shape index (κ1) is 19.6. The second kappa shape index (κ2) is 8.11. The largest absolute Gasteiger partial charge is 0.491 e. The number of aryl methyl sites for hydroxylation is 1. The normalized spacial score (nSPS) is 10.8. The van der Waals surface area contributed by atoms with Crippen molar-refractivity contribution in [3.05, 3.63) is 40.8 Å². The fourth-order valence-electron chi connectivity index (χ4n) is 2.38. The number of pyridine rings is 1. The minimum Gasteiger partial charge on any atom is -0.491 e. The molecule has 1 aromatic carbocycles.